The number of carboxylic acid groups (broad SMARTS) is 1. The van der Waals surface area contributed by atoms with Gasteiger partial charge >= 0.3 is 5.97 Å². The summed E-state index contributed by atoms with van der Waals surface area (Å²) >= 11 is 1.01. The molecule has 0 atom stereocenters. The Hall–Kier alpha value is -2.28. The molecule has 0 radical (unpaired) electrons. The summed E-state index contributed by atoms with van der Waals surface area (Å²) in [5, 5.41) is 12.0. The minimum Gasteiger partial charge on any atom is -0.477 e. The molecule has 2 aromatic rings. The molecule has 0 spiro atoms. The second-order valence-corrected chi connectivity index (χ2v) is 5.56. The van der Waals surface area contributed by atoms with E-state index in [9.17, 15) is 14.0 Å². The number of aromatic nitrogens is 1. The Labute approximate surface area is 124 Å². The monoisotopic (exact) mass is 308 g/mol. The van der Waals surface area contributed by atoms with Gasteiger partial charge in [-0.15, -0.1) is 11.3 Å². The van der Waals surface area contributed by atoms with Crippen LogP contribution in [0.15, 0.2) is 18.2 Å². The fourth-order valence-electron chi connectivity index (χ4n) is 1.72. The maximum atomic E-state index is 13.4. The molecule has 0 unspecified atom stereocenters. The molecule has 1 heterocycles. The zero-order chi connectivity index (χ0) is 15.6. The first-order valence-corrected chi connectivity index (χ1v) is 6.94. The van der Waals surface area contributed by atoms with Gasteiger partial charge in [-0.3, -0.25) is 4.79 Å². The Kier molecular flexibility index (Phi) is 4.32. The van der Waals surface area contributed by atoms with Crippen molar-refractivity contribution in [1.82, 2.24) is 10.3 Å². The number of hydrogen-bond donors (Lipinski definition) is 2. The van der Waals surface area contributed by atoms with Crippen molar-refractivity contribution < 1.29 is 19.1 Å². The van der Waals surface area contributed by atoms with Crippen molar-refractivity contribution in [3.8, 4) is 0 Å². The van der Waals surface area contributed by atoms with Crippen LogP contribution in [-0.2, 0) is 6.54 Å². The van der Waals surface area contributed by atoms with Crippen molar-refractivity contribution in [2.75, 3.05) is 0 Å². The number of carbonyl (C=O) groups is 2. The fraction of sp³-hybridized carbons (Fsp3) is 0.214. The van der Waals surface area contributed by atoms with Gasteiger partial charge in [-0.25, -0.2) is 14.2 Å². The van der Waals surface area contributed by atoms with Crippen molar-refractivity contribution in [1.29, 1.82) is 0 Å². The molecule has 0 fully saturated rings. The minimum atomic E-state index is -1.04. The molecule has 0 aliphatic heterocycles. The van der Waals surface area contributed by atoms with Crippen LogP contribution in [0.2, 0.25) is 0 Å². The van der Waals surface area contributed by atoms with Crippen LogP contribution in [0.4, 0.5) is 4.39 Å². The van der Waals surface area contributed by atoms with Gasteiger partial charge in [0.05, 0.1) is 12.2 Å². The van der Waals surface area contributed by atoms with E-state index in [-0.39, 0.29) is 17.0 Å². The number of halogens is 1. The summed E-state index contributed by atoms with van der Waals surface area (Å²) in [4.78, 5) is 27.0. The average molecular weight is 308 g/mol. The third-order valence-electron chi connectivity index (χ3n) is 2.87. The van der Waals surface area contributed by atoms with Crippen LogP contribution >= 0.6 is 11.3 Å². The Balaban J connectivity index is 2.05. The van der Waals surface area contributed by atoms with Gasteiger partial charge in [-0.05, 0) is 31.5 Å². The molecule has 1 amide bonds. The number of carbonyl (C=O) groups excluding carboxylic acids is 1. The quantitative estimate of drug-likeness (QED) is 0.909. The lowest BCUT2D eigenvalue weighted by molar-refractivity contribution is 0.0701. The lowest BCUT2D eigenvalue weighted by Crippen LogP contribution is -2.22. The number of amides is 1. The van der Waals surface area contributed by atoms with Gasteiger partial charge in [-0.1, -0.05) is 6.07 Å². The number of aromatic carboxylic acids is 1. The molecule has 21 heavy (non-hydrogen) atoms. The molecule has 110 valence electrons. The maximum absolute atomic E-state index is 13.4. The van der Waals surface area contributed by atoms with Crippen LogP contribution < -0.4 is 5.32 Å². The van der Waals surface area contributed by atoms with Crippen molar-refractivity contribution in [2.24, 2.45) is 0 Å². The highest BCUT2D eigenvalue weighted by atomic mass is 32.1. The molecular formula is C14H13FN2O3S. The smallest absolute Gasteiger partial charge is 0.347 e. The molecule has 0 bridgehead atoms. The lowest BCUT2D eigenvalue weighted by Gasteiger charge is -2.04. The zero-order valence-corrected chi connectivity index (χ0v) is 12.3. The largest absolute Gasteiger partial charge is 0.477 e. The van der Waals surface area contributed by atoms with E-state index in [2.05, 4.69) is 10.3 Å². The molecule has 1 aromatic heterocycles. The first-order valence-electron chi connectivity index (χ1n) is 6.12. The number of nitrogens with one attached hydrogen (secondary N) is 1. The van der Waals surface area contributed by atoms with E-state index in [1.807, 2.05) is 0 Å². The highest BCUT2D eigenvalue weighted by molar-refractivity contribution is 7.13. The van der Waals surface area contributed by atoms with Crippen molar-refractivity contribution >= 4 is 23.2 Å². The molecule has 7 heteroatoms. The predicted octanol–water partition coefficient (Wildman–Crippen LogP) is 2.53. The summed E-state index contributed by atoms with van der Waals surface area (Å²) in [5.74, 6) is -1.91. The van der Waals surface area contributed by atoms with Crippen LogP contribution in [0.25, 0.3) is 0 Å². The summed E-state index contributed by atoms with van der Waals surface area (Å²) in [6, 6.07) is 4.23. The highest BCUT2D eigenvalue weighted by Crippen LogP contribution is 2.18. The summed E-state index contributed by atoms with van der Waals surface area (Å²) in [7, 11) is 0. The second-order valence-electron chi connectivity index (χ2n) is 4.47. The van der Waals surface area contributed by atoms with E-state index in [1.165, 1.54) is 18.2 Å². The van der Waals surface area contributed by atoms with Gasteiger partial charge in [0.25, 0.3) is 5.91 Å². The molecule has 2 N–H and O–H groups in total. The third-order valence-corrected chi connectivity index (χ3v) is 4.01. The second kappa shape index (κ2) is 6.01. The van der Waals surface area contributed by atoms with E-state index in [1.54, 1.807) is 13.8 Å². The first-order chi connectivity index (χ1) is 9.88. The van der Waals surface area contributed by atoms with Crippen LogP contribution in [-0.4, -0.2) is 22.0 Å². The Morgan fingerprint density at radius 1 is 1.38 bits per heavy atom. The first kappa shape index (κ1) is 15.1. The minimum absolute atomic E-state index is 0.104. The summed E-state index contributed by atoms with van der Waals surface area (Å²) in [6.07, 6.45) is 0. The van der Waals surface area contributed by atoms with E-state index < -0.39 is 17.7 Å². The number of nitrogens with zero attached hydrogens (tertiary/aromatic N) is 1. The van der Waals surface area contributed by atoms with Gasteiger partial charge in [0.15, 0.2) is 0 Å². The van der Waals surface area contributed by atoms with Crippen molar-refractivity contribution in [3.63, 3.8) is 0 Å². The predicted molar refractivity (Wildman–Crippen MR) is 76.1 cm³/mol. The Bertz CT molecular complexity index is 712. The van der Waals surface area contributed by atoms with Gasteiger partial charge in [0.2, 0.25) is 0 Å². The normalized spacial score (nSPS) is 10.4. The molecule has 0 saturated carbocycles. The molecule has 2 rings (SSSR count). The van der Waals surface area contributed by atoms with Crippen LogP contribution in [0.3, 0.4) is 0 Å². The topological polar surface area (TPSA) is 79.3 Å². The SMILES string of the molecule is Cc1ccc(C(=O)NCc2nc(C)c(C(=O)O)s2)cc1F. The molecule has 0 aliphatic rings. The van der Waals surface area contributed by atoms with E-state index in [4.69, 9.17) is 5.11 Å². The molecule has 0 saturated heterocycles. The molecule has 1 aromatic carbocycles. The van der Waals surface area contributed by atoms with E-state index in [0.717, 1.165) is 11.3 Å². The van der Waals surface area contributed by atoms with Gasteiger partial charge in [0, 0.05) is 5.56 Å². The van der Waals surface area contributed by atoms with E-state index >= 15 is 0 Å². The summed E-state index contributed by atoms with van der Waals surface area (Å²) in [5.41, 5.74) is 1.09. The summed E-state index contributed by atoms with van der Waals surface area (Å²) < 4.78 is 13.4. The van der Waals surface area contributed by atoms with Gasteiger partial charge in [0.1, 0.15) is 15.7 Å². The van der Waals surface area contributed by atoms with E-state index in [0.29, 0.717) is 16.3 Å². The van der Waals surface area contributed by atoms with Crippen molar-refractivity contribution in [3.05, 3.63) is 50.7 Å². The number of hydrogen-bond acceptors (Lipinski definition) is 4. The average Bonchev–Trinajstić information content (AvgIpc) is 2.80. The van der Waals surface area contributed by atoms with Crippen LogP contribution in [0, 0.1) is 19.7 Å². The number of carboxylic acids is 1. The van der Waals surface area contributed by atoms with Gasteiger partial charge < -0.3 is 10.4 Å². The zero-order valence-electron chi connectivity index (χ0n) is 11.4. The Morgan fingerprint density at radius 3 is 2.67 bits per heavy atom. The van der Waals surface area contributed by atoms with Crippen molar-refractivity contribution in [2.45, 2.75) is 20.4 Å². The molecular weight excluding hydrogens is 295 g/mol. The van der Waals surface area contributed by atoms with Gasteiger partial charge in [-0.2, -0.15) is 0 Å². The number of aryl methyl sites for hydroxylation is 2. The summed E-state index contributed by atoms with van der Waals surface area (Å²) in [6.45, 7) is 3.32. The maximum Gasteiger partial charge on any atom is 0.347 e. The standard InChI is InChI=1S/C14H13FN2O3S/c1-7-3-4-9(5-10(7)15)13(18)16-6-11-17-8(2)12(21-11)14(19)20/h3-5H,6H2,1-2H3,(H,16,18)(H,19,20). The molecule has 5 nitrogen and oxygen atoms in total. The lowest BCUT2D eigenvalue weighted by atomic mass is 10.1. The molecule has 0 aliphatic carbocycles. The van der Waals surface area contributed by atoms with Crippen LogP contribution in [0.5, 0.6) is 0 Å². The Morgan fingerprint density at radius 2 is 2.10 bits per heavy atom. The fourth-order valence-corrected chi connectivity index (χ4v) is 2.56. The highest BCUT2D eigenvalue weighted by Gasteiger charge is 2.15. The number of benzene rings is 1. The number of thiazole rings is 1. The number of rotatable bonds is 4. The van der Waals surface area contributed by atoms with Crippen LogP contribution in [0.1, 0.15) is 36.3 Å². The third kappa shape index (κ3) is 3.43.